The molecule has 3 aromatic rings. The van der Waals surface area contributed by atoms with Crippen LogP contribution in [0.3, 0.4) is 0 Å². The molecule has 26 heavy (non-hydrogen) atoms. The number of nitrogens with zero attached hydrogens (tertiary/aromatic N) is 3. The molecule has 1 aliphatic rings. The van der Waals surface area contributed by atoms with Gasteiger partial charge in [0.2, 0.25) is 10.8 Å². The number of aromatic hydroxyl groups is 1. The predicted octanol–water partition coefficient (Wildman–Crippen LogP) is 0.351. The molecule has 138 valence electrons. The zero-order chi connectivity index (χ0) is 18.3. The average molecular weight is 394 g/mol. The second kappa shape index (κ2) is 7.15. The van der Waals surface area contributed by atoms with Crippen LogP contribution in [0.25, 0.3) is 4.96 Å². The lowest BCUT2D eigenvalue weighted by Crippen LogP contribution is -3.28. The molecular weight excluding hydrogens is 370 g/mol. The summed E-state index contributed by atoms with van der Waals surface area (Å²) in [5, 5.41) is 15.9. The minimum atomic E-state index is 0.0690. The van der Waals surface area contributed by atoms with Crippen LogP contribution in [0.15, 0.2) is 24.3 Å². The normalized spacial score (nSPS) is 22.0. The number of likely N-dealkylation sites (N-methyl/N-ethyl adjacent to an activating group) is 1. The van der Waals surface area contributed by atoms with E-state index >= 15 is 0 Å². The standard InChI is InChI=1S/C18H22ClN5OS/c1-3-22-8-10-23(11-9-22)15(13-4-6-14(19)7-5-13)16-17(25)24-18(26-16)20-12(2)21-24/h4-7,15,25H,3,8-11H2,1-2H3/p+2/t15-/m1/s1. The summed E-state index contributed by atoms with van der Waals surface area (Å²) >= 11 is 7.63. The summed E-state index contributed by atoms with van der Waals surface area (Å²) in [7, 11) is 0. The lowest BCUT2D eigenvalue weighted by Gasteiger charge is -2.34. The molecule has 6 nitrogen and oxygen atoms in total. The third kappa shape index (κ3) is 3.20. The summed E-state index contributed by atoms with van der Waals surface area (Å²) in [5.41, 5.74) is 1.17. The highest BCUT2D eigenvalue weighted by Crippen LogP contribution is 2.35. The second-order valence-corrected chi connectivity index (χ2v) is 8.34. The summed E-state index contributed by atoms with van der Waals surface area (Å²) < 4.78 is 1.56. The van der Waals surface area contributed by atoms with Gasteiger partial charge in [0, 0.05) is 10.6 Å². The van der Waals surface area contributed by atoms with Gasteiger partial charge in [-0.2, -0.15) is 4.52 Å². The molecule has 0 saturated carbocycles. The summed E-state index contributed by atoms with van der Waals surface area (Å²) in [6.07, 6.45) is 0. The van der Waals surface area contributed by atoms with E-state index in [2.05, 4.69) is 29.1 Å². The number of quaternary nitrogens is 2. The van der Waals surface area contributed by atoms with Crippen molar-refractivity contribution in [1.29, 1.82) is 0 Å². The Bertz CT molecular complexity index is 898. The van der Waals surface area contributed by atoms with Gasteiger partial charge in [-0.25, -0.2) is 4.98 Å². The average Bonchev–Trinajstić information content (AvgIpc) is 3.15. The van der Waals surface area contributed by atoms with Crippen molar-refractivity contribution in [3.05, 3.63) is 45.6 Å². The second-order valence-electron chi connectivity index (χ2n) is 6.89. The first kappa shape index (κ1) is 17.7. The number of aryl methyl sites for hydroxylation is 1. The van der Waals surface area contributed by atoms with E-state index in [1.54, 1.807) is 9.42 Å². The van der Waals surface area contributed by atoms with Crippen LogP contribution in [0.4, 0.5) is 0 Å². The Labute approximate surface area is 161 Å². The molecule has 0 spiro atoms. The number of hydrogen-bond acceptors (Lipinski definition) is 4. The van der Waals surface area contributed by atoms with Gasteiger partial charge in [-0.15, -0.1) is 5.10 Å². The first-order chi connectivity index (χ1) is 12.6. The first-order valence-corrected chi connectivity index (χ1v) is 10.2. The lowest BCUT2D eigenvalue weighted by molar-refractivity contribution is -1.02. The number of hydrogen-bond donors (Lipinski definition) is 3. The number of piperazine rings is 1. The molecule has 1 fully saturated rings. The quantitative estimate of drug-likeness (QED) is 0.599. The van der Waals surface area contributed by atoms with Crippen LogP contribution in [0.1, 0.15) is 29.2 Å². The summed E-state index contributed by atoms with van der Waals surface area (Å²) in [6.45, 7) is 9.69. The molecule has 1 aliphatic heterocycles. The maximum atomic E-state index is 10.8. The Hall–Kier alpha value is -1.67. The molecule has 0 amide bonds. The van der Waals surface area contributed by atoms with Gasteiger partial charge in [0.1, 0.15) is 36.9 Å². The Balaban J connectivity index is 1.75. The highest BCUT2D eigenvalue weighted by molar-refractivity contribution is 7.17. The topological polar surface area (TPSA) is 59.3 Å². The molecule has 1 atom stereocenters. The van der Waals surface area contributed by atoms with Gasteiger partial charge in [0.05, 0.1) is 6.54 Å². The van der Waals surface area contributed by atoms with Crippen LogP contribution >= 0.6 is 22.9 Å². The number of thiazole rings is 1. The van der Waals surface area contributed by atoms with E-state index in [9.17, 15) is 5.11 Å². The number of aromatic nitrogens is 3. The smallest absolute Gasteiger partial charge is 0.235 e. The fraction of sp³-hybridized carbons (Fsp3) is 0.444. The monoisotopic (exact) mass is 393 g/mol. The minimum absolute atomic E-state index is 0.0690. The van der Waals surface area contributed by atoms with Crippen molar-refractivity contribution in [2.75, 3.05) is 32.7 Å². The van der Waals surface area contributed by atoms with Crippen LogP contribution < -0.4 is 9.80 Å². The molecule has 3 N–H and O–H groups in total. The zero-order valence-corrected chi connectivity index (χ0v) is 16.6. The number of nitrogens with one attached hydrogen (secondary N) is 2. The first-order valence-electron chi connectivity index (χ1n) is 9.05. The Morgan fingerprint density at radius 3 is 2.54 bits per heavy atom. The molecule has 1 saturated heterocycles. The SMILES string of the molecule is CC[NH+]1CC[NH+]([C@H](c2ccc(Cl)cc2)c2sc3nc(C)nn3c2O)CC1. The van der Waals surface area contributed by atoms with Crippen LogP contribution in [0.5, 0.6) is 5.88 Å². The third-order valence-corrected chi connectivity index (χ3v) is 6.62. The predicted molar refractivity (Wildman–Crippen MR) is 102 cm³/mol. The van der Waals surface area contributed by atoms with Crippen LogP contribution in [-0.2, 0) is 0 Å². The summed E-state index contributed by atoms with van der Waals surface area (Å²) in [4.78, 5) is 9.22. The van der Waals surface area contributed by atoms with Gasteiger partial charge in [0.25, 0.3) is 0 Å². The number of halogens is 1. The Morgan fingerprint density at radius 2 is 1.92 bits per heavy atom. The number of benzene rings is 1. The van der Waals surface area contributed by atoms with E-state index in [-0.39, 0.29) is 11.9 Å². The Morgan fingerprint density at radius 1 is 1.23 bits per heavy atom. The van der Waals surface area contributed by atoms with E-state index in [4.69, 9.17) is 11.6 Å². The molecule has 1 aromatic carbocycles. The van der Waals surface area contributed by atoms with Crippen LogP contribution in [0, 0.1) is 6.92 Å². The zero-order valence-electron chi connectivity index (χ0n) is 15.0. The largest absolute Gasteiger partial charge is 0.492 e. The van der Waals surface area contributed by atoms with E-state index in [1.807, 2.05) is 19.1 Å². The van der Waals surface area contributed by atoms with E-state index < -0.39 is 0 Å². The fourth-order valence-electron chi connectivity index (χ4n) is 3.83. The third-order valence-electron chi connectivity index (χ3n) is 5.28. The van der Waals surface area contributed by atoms with Crippen molar-refractivity contribution in [3.63, 3.8) is 0 Å². The van der Waals surface area contributed by atoms with E-state index in [0.29, 0.717) is 5.82 Å². The van der Waals surface area contributed by atoms with Gasteiger partial charge >= 0.3 is 0 Å². The molecule has 0 bridgehead atoms. The lowest BCUT2D eigenvalue weighted by atomic mass is 10.0. The van der Waals surface area contributed by atoms with Crippen molar-refractivity contribution in [3.8, 4) is 5.88 Å². The molecule has 3 heterocycles. The molecule has 8 heteroatoms. The maximum Gasteiger partial charge on any atom is 0.235 e. The number of fused-ring (bicyclic) bond motifs is 1. The van der Waals surface area contributed by atoms with Crippen molar-refractivity contribution < 1.29 is 14.9 Å². The molecule has 4 rings (SSSR count). The van der Waals surface area contributed by atoms with Gasteiger partial charge in [-0.3, -0.25) is 0 Å². The highest BCUT2D eigenvalue weighted by Gasteiger charge is 2.35. The minimum Gasteiger partial charge on any atom is -0.492 e. The molecule has 0 unspecified atom stereocenters. The Kier molecular flexibility index (Phi) is 4.88. The van der Waals surface area contributed by atoms with Crippen molar-refractivity contribution in [2.45, 2.75) is 19.9 Å². The highest BCUT2D eigenvalue weighted by atomic mass is 35.5. The molecule has 0 aliphatic carbocycles. The molecule has 0 radical (unpaired) electrons. The van der Waals surface area contributed by atoms with Crippen molar-refractivity contribution in [2.24, 2.45) is 0 Å². The van der Waals surface area contributed by atoms with Gasteiger partial charge in [-0.05, 0) is 26.0 Å². The van der Waals surface area contributed by atoms with Crippen molar-refractivity contribution >= 4 is 27.9 Å². The molecular formula is C18H24ClN5OS+2. The van der Waals surface area contributed by atoms with Gasteiger partial charge in [-0.1, -0.05) is 35.1 Å². The van der Waals surface area contributed by atoms with Crippen molar-refractivity contribution in [1.82, 2.24) is 14.6 Å². The number of rotatable bonds is 4. The van der Waals surface area contributed by atoms with E-state index in [0.717, 1.165) is 41.0 Å². The van der Waals surface area contributed by atoms with Gasteiger partial charge in [0.15, 0.2) is 6.04 Å². The molecule has 2 aromatic heterocycles. The summed E-state index contributed by atoms with van der Waals surface area (Å²) in [5.74, 6) is 0.886. The van der Waals surface area contributed by atoms with Crippen LogP contribution in [-0.4, -0.2) is 52.4 Å². The maximum absolute atomic E-state index is 10.8. The fourth-order valence-corrected chi connectivity index (χ4v) is 5.14. The van der Waals surface area contributed by atoms with E-state index in [1.165, 1.54) is 28.3 Å². The van der Waals surface area contributed by atoms with Gasteiger partial charge < -0.3 is 14.9 Å². The summed E-state index contributed by atoms with van der Waals surface area (Å²) in [6, 6.07) is 8.06. The van der Waals surface area contributed by atoms with Crippen LogP contribution in [0.2, 0.25) is 5.02 Å².